The Kier molecular flexibility index (Phi) is 1.40. The second-order valence-corrected chi connectivity index (χ2v) is 1.77. The Morgan fingerprint density at radius 1 is 1.78 bits per heavy atom. The van der Waals surface area contributed by atoms with Gasteiger partial charge in [0.05, 0.1) is 0 Å². The highest BCUT2D eigenvalue weighted by molar-refractivity contribution is 6.27. The quantitative estimate of drug-likeness (QED) is 0.316. The minimum atomic E-state index is -0.157. The predicted octanol–water partition coefficient (Wildman–Crippen LogP) is -0.0494. The topological polar surface area (TPSA) is 65.8 Å². The van der Waals surface area contributed by atoms with Crippen LogP contribution >= 0.6 is 11.6 Å². The molecule has 0 aliphatic heterocycles. The molecule has 1 aromatic rings. The van der Waals surface area contributed by atoms with Crippen molar-refractivity contribution in [1.82, 2.24) is 4.98 Å². The van der Waals surface area contributed by atoms with Crippen molar-refractivity contribution in [2.24, 2.45) is 0 Å². The summed E-state index contributed by atoms with van der Waals surface area (Å²) in [5.74, 6) is 0.0509. The largest absolute Gasteiger partial charge is 0.739 e. The number of nitrogen functional groups attached to an aromatic ring is 1. The maximum absolute atomic E-state index is 10.6. The van der Waals surface area contributed by atoms with Crippen LogP contribution in [0.15, 0.2) is 12.3 Å². The van der Waals surface area contributed by atoms with Gasteiger partial charge in [-0.25, -0.2) is 4.73 Å². The third-order valence-corrected chi connectivity index (χ3v) is 1.08. The van der Waals surface area contributed by atoms with E-state index in [9.17, 15) is 5.21 Å². The van der Waals surface area contributed by atoms with E-state index in [1.807, 2.05) is 0 Å². The second-order valence-electron chi connectivity index (χ2n) is 1.43. The van der Waals surface area contributed by atoms with Crippen LogP contribution in [0.4, 0.5) is 5.82 Å². The van der Waals surface area contributed by atoms with Gasteiger partial charge in [-0.05, 0) is 11.6 Å². The molecule has 4 nitrogen and oxygen atoms in total. The summed E-state index contributed by atoms with van der Waals surface area (Å²) in [6.45, 7) is 0. The van der Waals surface area contributed by atoms with Crippen LogP contribution < -0.4 is 10.5 Å². The summed E-state index contributed by atoms with van der Waals surface area (Å²) in [4.78, 5) is 3.48. The Hall–Kier alpha value is -1.03. The van der Waals surface area contributed by atoms with Crippen molar-refractivity contribution in [1.29, 1.82) is 0 Å². The monoisotopic (exact) mass is 145 g/mol. The summed E-state index contributed by atoms with van der Waals surface area (Å²) >= 11 is 5.27. The lowest BCUT2D eigenvalue weighted by Crippen LogP contribution is -2.32. The summed E-state index contributed by atoms with van der Waals surface area (Å²) in [5, 5.41) is 10.4. The van der Waals surface area contributed by atoms with Crippen molar-refractivity contribution in [3.05, 3.63) is 22.8 Å². The smallest absolute Gasteiger partial charge is 0.335 e. The van der Waals surface area contributed by atoms with E-state index in [0.717, 1.165) is 0 Å². The summed E-state index contributed by atoms with van der Waals surface area (Å²) in [5.41, 5.74) is 5.15. The zero-order valence-electron chi connectivity index (χ0n) is 4.41. The van der Waals surface area contributed by atoms with Crippen molar-refractivity contribution >= 4 is 17.4 Å². The number of aromatic nitrogens is 2. The molecule has 1 heterocycles. The van der Waals surface area contributed by atoms with E-state index in [4.69, 9.17) is 17.3 Å². The number of rotatable bonds is 0. The Bertz CT molecular complexity index is 207. The molecule has 0 aliphatic carbocycles. The molecular weight excluding hydrogens is 142 g/mol. The first-order valence-corrected chi connectivity index (χ1v) is 2.59. The van der Waals surface area contributed by atoms with Gasteiger partial charge in [0.1, 0.15) is 6.20 Å². The first-order valence-electron chi connectivity index (χ1n) is 2.21. The molecule has 0 amide bonds. The fraction of sp³-hybridized carbons (Fsp3) is 0. The average molecular weight is 146 g/mol. The molecule has 0 aromatic carbocycles. The predicted molar refractivity (Wildman–Crippen MR) is 32.6 cm³/mol. The van der Waals surface area contributed by atoms with E-state index in [0.29, 0.717) is 4.73 Å². The first-order chi connectivity index (χ1) is 4.22. The molecule has 0 aliphatic rings. The van der Waals surface area contributed by atoms with Crippen LogP contribution in [0, 0.1) is 5.21 Å². The van der Waals surface area contributed by atoms with Crippen LogP contribution in [0.3, 0.4) is 0 Å². The van der Waals surface area contributed by atoms with Gasteiger partial charge in [0, 0.05) is 6.07 Å². The zero-order chi connectivity index (χ0) is 6.85. The first kappa shape index (κ1) is 6.10. The Labute approximate surface area is 56.5 Å². The van der Waals surface area contributed by atoms with Gasteiger partial charge in [-0.15, -0.1) is 0 Å². The third kappa shape index (κ3) is 1.02. The van der Waals surface area contributed by atoms with Crippen molar-refractivity contribution in [2.45, 2.75) is 0 Å². The molecule has 0 spiro atoms. The molecule has 0 atom stereocenters. The Morgan fingerprint density at radius 3 is 2.89 bits per heavy atom. The minimum absolute atomic E-state index is 0.0509. The van der Waals surface area contributed by atoms with Crippen LogP contribution in [0.2, 0.25) is 5.28 Å². The van der Waals surface area contributed by atoms with Crippen molar-refractivity contribution in [3.8, 4) is 0 Å². The second kappa shape index (κ2) is 2.06. The molecule has 0 saturated heterocycles. The maximum Gasteiger partial charge on any atom is 0.335 e. The molecule has 1 aromatic heterocycles. The molecule has 1 rings (SSSR count). The maximum atomic E-state index is 10.6. The fourth-order valence-corrected chi connectivity index (χ4v) is 0.556. The highest BCUT2D eigenvalue weighted by Gasteiger charge is 1.99. The fourth-order valence-electron chi connectivity index (χ4n) is 0.402. The Morgan fingerprint density at radius 2 is 2.44 bits per heavy atom. The normalized spacial score (nSPS) is 9.44. The van der Waals surface area contributed by atoms with Crippen LogP contribution in [0.25, 0.3) is 0 Å². The number of hydrogen-bond donors (Lipinski definition) is 1. The lowest BCUT2D eigenvalue weighted by atomic mass is 10.6. The number of anilines is 1. The molecule has 0 radical (unpaired) electrons. The van der Waals surface area contributed by atoms with Crippen LogP contribution in [-0.4, -0.2) is 4.98 Å². The van der Waals surface area contributed by atoms with E-state index >= 15 is 0 Å². The van der Waals surface area contributed by atoms with E-state index in [1.54, 1.807) is 0 Å². The minimum Gasteiger partial charge on any atom is -0.739 e. The zero-order valence-corrected chi connectivity index (χ0v) is 5.17. The van der Waals surface area contributed by atoms with Gasteiger partial charge >= 0.3 is 5.28 Å². The molecule has 2 N–H and O–H groups in total. The molecule has 0 unspecified atom stereocenters. The van der Waals surface area contributed by atoms with Crippen molar-refractivity contribution < 1.29 is 4.73 Å². The van der Waals surface area contributed by atoms with E-state index in [2.05, 4.69) is 4.98 Å². The van der Waals surface area contributed by atoms with E-state index < -0.39 is 0 Å². The van der Waals surface area contributed by atoms with Crippen molar-refractivity contribution in [3.63, 3.8) is 0 Å². The average Bonchev–Trinajstić information content (AvgIpc) is 1.83. The van der Waals surface area contributed by atoms with Gasteiger partial charge in [-0.3, -0.25) is 0 Å². The molecule has 0 fully saturated rings. The van der Waals surface area contributed by atoms with E-state index in [1.165, 1.54) is 12.3 Å². The summed E-state index contributed by atoms with van der Waals surface area (Å²) in [7, 11) is 0. The number of halogens is 1. The Balaban J connectivity index is 3.25. The summed E-state index contributed by atoms with van der Waals surface area (Å²) in [6.07, 6.45) is 1.37. The number of nitrogens with zero attached hydrogens (tertiary/aromatic N) is 2. The van der Waals surface area contributed by atoms with Gasteiger partial charge in [-0.1, -0.05) is 4.98 Å². The molecule has 5 heteroatoms. The van der Waals surface area contributed by atoms with Gasteiger partial charge in [0.15, 0.2) is 0 Å². The molecule has 48 valence electrons. The van der Waals surface area contributed by atoms with Gasteiger partial charge < -0.3 is 10.9 Å². The molecule has 9 heavy (non-hydrogen) atoms. The number of hydrogen-bond acceptors (Lipinski definition) is 3. The summed E-state index contributed by atoms with van der Waals surface area (Å²) < 4.78 is 0.349. The van der Waals surface area contributed by atoms with E-state index in [-0.39, 0.29) is 11.1 Å². The van der Waals surface area contributed by atoms with Crippen LogP contribution in [0.1, 0.15) is 0 Å². The van der Waals surface area contributed by atoms with Gasteiger partial charge in [0.25, 0.3) is 0 Å². The highest BCUT2D eigenvalue weighted by atomic mass is 35.5. The lowest BCUT2D eigenvalue weighted by molar-refractivity contribution is -0.590. The van der Waals surface area contributed by atoms with Crippen LogP contribution in [0.5, 0.6) is 0 Å². The van der Waals surface area contributed by atoms with Gasteiger partial charge in [0.2, 0.25) is 5.82 Å². The lowest BCUT2D eigenvalue weighted by Gasteiger charge is -2.04. The highest BCUT2D eigenvalue weighted by Crippen LogP contribution is 1.97. The van der Waals surface area contributed by atoms with Crippen LogP contribution in [-0.2, 0) is 0 Å². The molecular formula is C4H4ClN3O. The van der Waals surface area contributed by atoms with Crippen molar-refractivity contribution in [2.75, 3.05) is 5.73 Å². The standard InChI is InChI=1S/C4H4ClN3O/c5-4-7-2-1-3(6)8(4)9/h1-2H,6H2. The third-order valence-electron chi connectivity index (χ3n) is 0.828. The summed E-state index contributed by atoms with van der Waals surface area (Å²) in [6, 6.07) is 1.37. The van der Waals surface area contributed by atoms with Gasteiger partial charge in [-0.2, -0.15) is 0 Å². The SMILES string of the molecule is Nc1ccnc(Cl)[n+]1[O-]. The molecule has 0 saturated carbocycles. The number of nitrogens with two attached hydrogens (primary N) is 1. The molecule has 0 bridgehead atoms.